The molecule has 2 aliphatic carbocycles. The molecule has 2 atom stereocenters. The van der Waals surface area contributed by atoms with E-state index in [2.05, 4.69) is 205 Å². The molecule has 0 N–H and O–H groups in total. The molecule has 2 unspecified atom stereocenters. The Hall–Kier alpha value is -5.24. The number of aromatic nitrogens is 2. The Kier molecular flexibility index (Phi) is 9.28. The van der Waals surface area contributed by atoms with Crippen molar-refractivity contribution in [1.82, 2.24) is 9.13 Å². The largest absolute Gasteiger partial charge is 0.0622 e. The van der Waals surface area contributed by atoms with Gasteiger partial charge in [0.1, 0.15) is 0 Å². The molecule has 2 aliphatic rings. The molecule has 0 radical (unpaired) electrons. The minimum atomic E-state index is -1.13. The third kappa shape index (κ3) is 6.53. The van der Waals surface area contributed by atoms with Gasteiger partial charge in [-0.05, 0) is 24.0 Å². The van der Waals surface area contributed by atoms with Gasteiger partial charge in [-0.1, -0.05) is 60.7 Å². The molecule has 2 aromatic heterocycles. The molecule has 10 rings (SSSR count). The summed E-state index contributed by atoms with van der Waals surface area (Å²) in [5.74, 6) is 0. The molecule has 0 aliphatic heterocycles. The molecule has 0 fully saturated rings. The molecule has 0 bridgehead atoms. The molecule has 0 saturated carbocycles. The van der Waals surface area contributed by atoms with Gasteiger partial charge in [-0.2, -0.15) is 0 Å². The van der Waals surface area contributed by atoms with E-state index in [0.29, 0.717) is 7.25 Å². The van der Waals surface area contributed by atoms with Gasteiger partial charge in [-0.15, -0.1) is 0 Å². The Balaban J connectivity index is 0.000000224. The van der Waals surface area contributed by atoms with Gasteiger partial charge in [0.15, 0.2) is 0 Å². The Labute approximate surface area is 324 Å². The Bertz CT molecular complexity index is 2440. The normalized spacial score (nSPS) is 15.7. The van der Waals surface area contributed by atoms with Crippen molar-refractivity contribution in [3.63, 3.8) is 0 Å². The second-order valence-corrected chi connectivity index (χ2v) is 17.9. The third-order valence-corrected chi connectivity index (χ3v) is 15.5. The zero-order valence-corrected chi connectivity index (χ0v) is 32.7. The number of hydrogen-bond donors (Lipinski definition) is 0. The van der Waals surface area contributed by atoms with E-state index < -0.39 is 23.2 Å². The Morgan fingerprint density at radius 2 is 0.811 bits per heavy atom. The van der Waals surface area contributed by atoms with E-state index in [1.807, 2.05) is 0 Å². The van der Waals surface area contributed by atoms with Gasteiger partial charge >= 0.3 is 242 Å². The van der Waals surface area contributed by atoms with Gasteiger partial charge in [-0.3, -0.25) is 0 Å². The molecular weight excluding hydrogens is 720 g/mol. The summed E-state index contributed by atoms with van der Waals surface area (Å²) in [7, 11) is 0. The van der Waals surface area contributed by atoms with Crippen LogP contribution in [0.1, 0.15) is 52.0 Å². The number of para-hydroxylation sites is 2. The molecule has 8 aromatic rings. The fourth-order valence-electron chi connectivity index (χ4n) is 8.37. The molecule has 0 saturated heterocycles. The first-order valence-corrected chi connectivity index (χ1v) is 21.6. The minimum Gasteiger partial charge on any atom is -0.0622 e. The topological polar surface area (TPSA) is 9.86 Å². The van der Waals surface area contributed by atoms with Crippen LogP contribution < -0.4 is 0 Å². The number of fused-ring (bicyclic) bond motifs is 4. The summed E-state index contributed by atoms with van der Waals surface area (Å²) in [5.41, 5.74) is 16.8. The van der Waals surface area contributed by atoms with Crippen LogP contribution in [0, 0.1) is 13.8 Å². The van der Waals surface area contributed by atoms with E-state index in [0.717, 1.165) is 12.8 Å². The predicted molar refractivity (Wildman–Crippen MR) is 220 cm³/mol. The van der Waals surface area contributed by atoms with Gasteiger partial charge < -0.3 is 0 Å². The molecule has 2 heterocycles. The fourth-order valence-corrected chi connectivity index (χ4v) is 13.2. The van der Waals surface area contributed by atoms with Crippen molar-refractivity contribution in [2.75, 3.05) is 0 Å². The standard InChI is InChI=1S/2C18H14N.C14H14.Zr/c2*1-13-10-16-8-4-5-9-18(16)19(13)17-11-14-6-2-3-7-15(14)12-17;1-3-7-13(8-4-1)11-12-14-9-5-2-6-10-14;/h2*2-12H,1H3;1-10H,11-12H2;. The summed E-state index contributed by atoms with van der Waals surface area (Å²) in [6.07, 6.45) is 7.21. The second-order valence-electron chi connectivity index (χ2n) is 14.3. The first-order chi connectivity index (χ1) is 26.1. The van der Waals surface area contributed by atoms with E-state index in [1.54, 1.807) is 0 Å². The van der Waals surface area contributed by atoms with E-state index in [-0.39, 0.29) is 0 Å². The van der Waals surface area contributed by atoms with Crippen LogP contribution in [0.5, 0.6) is 0 Å². The zero-order chi connectivity index (χ0) is 35.7. The van der Waals surface area contributed by atoms with E-state index in [9.17, 15) is 0 Å². The van der Waals surface area contributed by atoms with Crippen molar-refractivity contribution in [3.8, 4) is 0 Å². The average Bonchev–Trinajstić information content (AvgIpc) is 3.94. The molecular formula is C50H42N2Zr. The van der Waals surface area contributed by atoms with Gasteiger partial charge in [0.05, 0.1) is 0 Å². The first kappa shape index (κ1) is 33.6. The SMILES string of the molecule is Cc1cc2ccccc2n1C1=Cc2ccccc2[CH]1[Zr][CH]1C(n2c(C)cc3ccccc32)=Cc2ccccc21.c1ccc(CCc2ccccc2)cc1. The van der Waals surface area contributed by atoms with Gasteiger partial charge in [-0.25, -0.2) is 0 Å². The van der Waals surface area contributed by atoms with Crippen LogP contribution >= 0.6 is 0 Å². The van der Waals surface area contributed by atoms with E-state index in [4.69, 9.17) is 0 Å². The molecule has 2 nitrogen and oxygen atoms in total. The number of aryl methyl sites for hydroxylation is 4. The molecule has 256 valence electrons. The number of allylic oxidation sites excluding steroid dienone is 2. The van der Waals surface area contributed by atoms with Gasteiger partial charge in [0.25, 0.3) is 0 Å². The fraction of sp³-hybridized carbons (Fsp3) is 0.120. The average molecular weight is 762 g/mol. The quantitative estimate of drug-likeness (QED) is 0.153. The van der Waals surface area contributed by atoms with Crippen LogP contribution in [0.15, 0.2) is 170 Å². The zero-order valence-electron chi connectivity index (χ0n) is 30.3. The van der Waals surface area contributed by atoms with Crippen LogP contribution in [-0.4, -0.2) is 9.13 Å². The van der Waals surface area contributed by atoms with E-state index in [1.165, 1.54) is 78.0 Å². The maximum atomic E-state index is 2.54. The maximum absolute atomic E-state index is 2.54. The summed E-state index contributed by atoms with van der Waals surface area (Å²) in [4.78, 5) is 0. The second kappa shape index (κ2) is 14.6. The van der Waals surface area contributed by atoms with Crippen LogP contribution in [-0.2, 0) is 36.1 Å². The van der Waals surface area contributed by atoms with Crippen LogP contribution in [0.2, 0.25) is 0 Å². The first-order valence-electron chi connectivity index (χ1n) is 18.7. The number of nitrogens with zero attached hydrogens (tertiary/aromatic N) is 2. The molecule has 53 heavy (non-hydrogen) atoms. The number of benzene rings is 6. The van der Waals surface area contributed by atoms with Crippen molar-refractivity contribution in [2.45, 2.75) is 33.9 Å². The minimum absolute atomic E-state index is 0.459. The van der Waals surface area contributed by atoms with Crippen LogP contribution in [0.3, 0.4) is 0 Å². The number of hydrogen-bond acceptors (Lipinski definition) is 0. The molecule has 0 amide bonds. The number of rotatable bonds is 7. The summed E-state index contributed by atoms with van der Waals surface area (Å²) in [6, 6.07) is 61.8. The van der Waals surface area contributed by atoms with Crippen molar-refractivity contribution >= 4 is 45.4 Å². The molecule has 3 heteroatoms. The van der Waals surface area contributed by atoms with Crippen molar-refractivity contribution in [2.24, 2.45) is 0 Å². The van der Waals surface area contributed by atoms with Crippen LogP contribution in [0.4, 0.5) is 0 Å². The van der Waals surface area contributed by atoms with Crippen molar-refractivity contribution < 1.29 is 23.2 Å². The van der Waals surface area contributed by atoms with E-state index >= 15 is 0 Å². The van der Waals surface area contributed by atoms with Gasteiger partial charge in [0, 0.05) is 0 Å². The maximum Gasteiger partial charge on any atom is -0.0238 e. The summed E-state index contributed by atoms with van der Waals surface area (Å²) >= 11 is -1.13. The smallest absolute Gasteiger partial charge is 0.0238 e. The predicted octanol–water partition coefficient (Wildman–Crippen LogP) is 12.6. The monoisotopic (exact) mass is 760 g/mol. The van der Waals surface area contributed by atoms with Crippen molar-refractivity contribution in [3.05, 3.63) is 215 Å². The van der Waals surface area contributed by atoms with Crippen molar-refractivity contribution in [1.29, 1.82) is 0 Å². The third-order valence-electron chi connectivity index (χ3n) is 10.8. The summed E-state index contributed by atoms with van der Waals surface area (Å²) in [6.45, 7) is 4.52. The molecule has 6 aromatic carbocycles. The molecule has 0 spiro atoms. The Morgan fingerprint density at radius 1 is 0.434 bits per heavy atom. The van der Waals surface area contributed by atoms with Crippen LogP contribution in [0.25, 0.3) is 45.4 Å². The summed E-state index contributed by atoms with van der Waals surface area (Å²) < 4.78 is 6.00. The Morgan fingerprint density at radius 3 is 1.26 bits per heavy atom. The summed E-state index contributed by atoms with van der Waals surface area (Å²) in [5, 5.41) is 2.63. The van der Waals surface area contributed by atoms with Gasteiger partial charge in [0.2, 0.25) is 0 Å².